The second-order valence-electron chi connectivity index (χ2n) is 7.19. The Hall–Kier alpha value is -1.56. The molecule has 5 heteroatoms. The highest BCUT2D eigenvalue weighted by molar-refractivity contribution is 5.87. The lowest BCUT2D eigenvalue weighted by molar-refractivity contribution is 0.0116. The molecule has 1 aromatic carbocycles. The van der Waals surface area contributed by atoms with E-state index in [4.69, 9.17) is 9.47 Å². The van der Waals surface area contributed by atoms with Crippen molar-refractivity contribution < 1.29 is 14.6 Å². The third kappa shape index (κ3) is 3.41. The van der Waals surface area contributed by atoms with Crippen LogP contribution in [0.1, 0.15) is 24.1 Å². The van der Waals surface area contributed by atoms with Gasteiger partial charge in [0.15, 0.2) is 0 Å². The van der Waals surface area contributed by atoms with Gasteiger partial charge < -0.3 is 19.1 Å². The Kier molecular flexibility index (Phi) is 4.97. The van der Waals surface area contributed by atoms with E-state index < -0.39 is 0 Å². The molecule has 1 saturated heterocycles. The van der Waals surface area contributed by atoms with Gasteiger partial charge in [0, 0.05) is 36.2 Å². The molecule has 25 heavy (non-hydrogen) atoms. The quantitative estimate of drug-likeness (QED) is 0.903. The SMILES string of the molecule is COc1ccc2c(c1)c1c(n2CC(O)CN2CCOCC2)CCCC1. The van der Waals surface area contributed by atoms with Crippen LogP contribution in [0, 0.1) is 0 Å². The number of benzene rings is 1. The summed E-state index contributed by atoms with van der Waals surface area (Å²) in [5, 5.41) is 12.0. The van der Waals surface area contributed by atoms with E-state index in [1.165, 1.54) is 35.0 Å². The Bertz CT molecular complexity index is 734. The number of morpholine rings is 1. The molecule has 1 atom stereocenters. The number of ether oxygens (including phenoxy) is 2. The van der Waals surface area contributed by atoms with Gasteiger partial charge in [-0.2, -0.15) is 0 Å². The van der Waals surface area contributed by atoms with Crippen LogP contribution in [0.25, 0.3) is 10.9 Å². The van der Waals surface area contributed by atoms with Crippen LogP contribution in [0.5, 0.6) is 5.75 Å². The van der Waals surface area contributed by atoms with E-state index in [1.807, 2.05) is 6.07 Å². The molecule has 2 aromatic rings. The zero-order valence-electron chi connectivity index (χ0n) is 15.0. The van der Waals surface area contributed by atoms with Crippen molar-refractivity contribution in [2.75, 3.05) is 40.0 Å². The van der Waals surface area contributed by atoms with Crippen LogP contribution in [-0.2, 0) is 24.1 Å². The first kappa shape index (κ1) is 16.9. The lowest BCUT2D eigenvalue weighted by Crippen LogP contribution is -2.42. The summed E-state index contributed by atoms with van der Waals surface area (Å²) in [6, 6.07) is 6.33. The molecule has 0 spiro atoms. The van der Waals surface area contributed by atoms with Crippen LogP contribution in [0.2, 0.25) is 0 Å². The average Bonchev–Trinajstić information content (AvgIpc) is 2.96. The molecule has 1 fully saturated rings. The Labute approximate surface area is 149 Å². The number of fused-ring (bicyclic) bond motifs is 3. The molecule has 1 unspecified atom stereocenters. The van der Waals surface area contributed by atoms with Crippen LogP contribution in [0.15, 0.2) is 18.2 Å². The molecule has 0 saturated carbocycles. The highest BCUT2D eigenvalue weighted by atomic mass is 16.5. The largest absolute Gasteiger partial charge is 0.497 e. The smallest absolute Gasteiger partial charge is 0.119 e. The summed E-state index contributed by atoms with van der Waals surface area (Å²) in [4.78, 5) is 2.30. The molecule has 2 heterocycles. The summed E-state index contributed by atoms with van der Waals surface area (Å²) in [6.45, 7) is 4.75. The Balaban J connectivity index is 1.61. The molecule has 136 valence electrons. The van der Waals surface area contributed by atoms with E-state index in [1.54, 1.807) is 7.11 Å². The average molecular weight is 344 g/mol. The molecule has 4 rings (SSSR count). The highest BCUT2D eigenvalue weighted by Crippen LogP contribution is 2.34. The number of aliphatic hydroxyl groups excluding tert-OH is 1. The van der Waals surface area contributed by atoms with E-state index in [0.717, 1.165) is 44.9 Å². The van der Waals surface area contributed by atoms with Gasteiger partial charge in [0.05, 0.1) is 33.0 Å². The number of aryl methyl sites for hydroxylation is 1. The second-order valence-corrected chi connectivity index (χ2v) is 7.19. The van der Waals surface area contributed by atoms with Gasteiger partial charge in [-0.15, -0.1) is 0 Å². The zero-order chi connectivity index (χ0) is 17.2. The molecule has 2 aliphatic rings. The minimum absolute atomic E-state index is 0.359. The number of aliphatic hydroxyl groups is 1. The summed E-state index contributed by atoms with van der Waals surface area (Å²) >= 11 is 0. The maximum absolute atomic E-state index is 10.7. The van der Waals surface area contributed by atoms with Gasteiger partial charge in [-0.1, -0.05) is 0 Å². The monoisotopic (exact) mass is 344 g/mol. The maximum atomic E-state index is 10.7. The molecule has 0 bridgehead atoms. The van der Waals surface area contributed by atoms with Gasteiger partial charge in [0.1, 0.15) is 5.75 Å². The Morgan fingerprint density at radius 2 is 1.96 bits per heavy atom. The lowest BCUT2D eigenvalue weighted by Gasteiger charge is -2.29. The summed E-state index contributed by atoms with van der Waals surface area (Å²) in [7, 11) is 1.72. The van der Waals surface area contributed by atoms with Gasteiger partial charge >= 0.3 is 0 Å². The van der Waals surface area contributed by atoms with Gasteiger partial charge in [0.25, 0.3) is 0 Å². The molecular weight excluding hydrogens is 316 g/mol. The minimum atomic E-state index is -0.359. The van der Waals surface area contributed by atoms with Crippen molar-refractivity contribution >= 4 is 10.9 Å². The number of β-amino-alcohol motifs (C(OH)–C–C–N with tert-alkyl or cyclic N) is 1. The number of rotatable bonds is 5. The van der Waals surface area contributed by atoms with E-state index >= 15 is 0 Å². The van der Waals surface area contributed by atoms with E-state index in [0.29, 0.717) is 13.1 Å². The summed E-state index contributed by atoms with van der Waals surface area (Å²) in [5.41, 5.74) is 4.10. The van der Waals surface area contributed by atoms with Crippen molar-refractivity contribution in [1.29, 1.82) is 0 Å². The summed E-state index contributed by atoms with van der Waals surface area (Å²) < 4.78 is 13.2. The first-order valence-electron chi connectivity index (χ1n) is 9.42. The third-order valence-corrected chi connectivity index (χ3v) is 5.55. The Morgan fingerprint density at radius 1 is 1.16 bits per heavy atom. The lowest BCUT2D eigenvalue weighted by atomic mass is 9.95. The third-order valence-electron chi connectivity index (χ3n) is 5.55. The number of nitrogens with zero attached hydrogens (tertiary/aromatic N) is 2. The number of hydrogen-bond acceptors (Lipinski definition) is 4. The highest BCUT2D eigenvalue weighted by Gasteiger charge is 2.23. The van der Waals surface area contributed by atoms with Crippen LogP contribution in [0.3, 0.4) is 0 Å². The van der Waals surface area contributed by atoms with Crippen LogP contribution >= 0.6 is 0 Å². The molecule has 1 N–H and O–H groups in total. The fraction of sp³-hybridized carbons (Fsp3) is 0.600. The fourth-order valence-electron chi connectivity index (χ4n) is 4.30. The van der Waals surface area contributed by atoms with Crippen LogP contribution in [0.4, 0.5) is 0 Å². The zero-order valence-corrected chi connectivity index (χ0v) is 15.0. The first-order chi connectivity index (χ1) is 12.3. The summed E-state index contributed by atoms with van der Waals surface area (Å²) in [6.07, 6.45) is 4.36. The maximum Gasteiger partial charge on any atom is 0.119 e. The van der Waals surface area contributed by atoms with Crippen molar-refractivity contribution in [3.05, 3.63) is 29.5 Å². The van der Waals surface area contributed by atoms with E-state index in [-0.39, 0.29) is 6.10 Å². The van der Waals surface area contributed by atoms with Crippen molar-refractivity contribution in [2.45, 2.75) is 38.3 Å². The van der Waals surface area contributed by atoms with Gasteiger partial charge in [0.2, 0.25) is 0 Å². The van der Waals surface area contributed by atoms with Crippen LogP contribution in [-0.4, -0.2) is 60.6 Å². The molecule has 1 aliphatic carbocycles. The van der Waals surface area contributed by atoms with Crippen LogP contribution < -0.4 is 4.74 Å². The normalized spacial score (nSPS) is 19.8. The molecular formula is C20H28N2O3. The Morgan fingerprint density at radius 3 is 2.76 bits per heavy atom. The van der Waals surface area contributed by atoms with Gasteiger partial charge in [-0.25, -0.2) is 0 Å². The molecule has 0 radical (unpaired) electrons. The first-order valence-corrected chi connectivity index (χ1v) is 9.42. The van der Waals surface area contributed by atoms with Crippen molar-refractivity contribution in [3.8, 4) is 5.75 Å². The number of hydrogen-bond donors (Lipinski definition) is 1. The topological polar surface area (TPSA) is 46.9 Å². The van der Waals surface area contributed by atoms with E-state index in [2.05, 4.69) is 21.6 Å². The molecule has 1 aromatic heterocycles. The second kappa shape index (κ2) is 7.36. The predicted molar refractivity (Wildman–Crippen MR) is 98.4 cm³/mol. The molecule has 5 nitrogen and oxygen atoms in total. The van der Waals surface area contributed by atoms with Gasteiger partial charge in [-0.3, -0.25) is 4.90 Å². The van der Waals surface area contributed by atoms with E-state index in [9.17, 15) is 5.11 Å². The van der Waals surface area contributed by atoms with Crippen molar-refractivity contribution in [1.82, 2.24) is 9.47 Å². The molecule has 1 aliphatic heterocycles. The fourth-order valence-corrected chi connectivity index (χ4v) is 4.30. The predicted octanol–water partition coefficient (Wildman–Crippen LogP) is 2.22. The molecule has 0 amide bonds. The van der Waals surface area contributed by atoms with Gasteiger partial charge in [-0.05, 0) is 49.4 Å². The number of aromatic nitrogens is 1. The number of methoxy groups -OCH3 is 1. The minimum Gasteiger partial charge on any atom is -0.497 e. The van der Waals surface area contributed by atoms with Crippen molar-refractivity contribution in [3.63, 3.8) is 0 Å². The van der Waals surface area contributed by atoms with Crippen molar-refractivity contribution in [2.24, 2.45) is 0 Å². The standard InChI is InChI=1S/C20H28N2O3/c1-24-16-6-7-20-18(12-16)17-4-2-3-5-19(17)22(20)14-15(23)13-21-8-10-25-11-9-21/h6-7,12,15,23H,2-5,8-11,13-14H2,1H3. The summed E-state index contributed by atoms with van der Waals surface area (Å²) in [5.74, 6) is 0.909.